The summed E-state index contributed by atoms with van der Waals surface area (Å²) in [4.78, 5) is 17.7. The van der Waals surface area contributed by atoms with Crippen LogP contribution in [-0.2, 0) is 11.2 Å². The lowest BCUT2D eigenvalue weighted by molar-refractivity contribution is -0.138. The number of carbonyl (C=O) groups is 1. The number of amidine groups is 1. The third-order valence-corrected chi connectivity index (χ3v) is 3.67. The summed E-state index contributed by atoms with van der Waals surface area (Å²) in [6, 6.07) is 15.1. The Labute approximate surface area is 133 Å². The number of carboxylic acids is 1. The zero-order valence-corrected chi connectivity index (χ0v) is 12.3. The lowest BCUT2D eigenvalue weighted by atomic mass is 10.0. The second-order valence-corrected chi connectivity index (χ2v) is 5.23. The van der Waals surface area contributed by atoms with Crippen molar-refractivity contribution in [2.45, 2.75) is 12.5 Å². The molecule has 1 atom stereocenters. The van der Waals surface area contributed by atoms with Crippen molar-refractivity contribution >= 4 is 17.5 Å². The van der Waals surface area contributed by atoms with Gasteiger partial charge in [-0.05, 0) is 35.9 Å². The highest BCUT2D eigenvalue weighted by Gasteiger charge is 2.30. The van der Waals surface area contributed by atoms with E-state index < -0.39 is 12.0 Å². The van der Waals surface area contributed by atoms with Crippen molar-refractivity contribution in [3.8, 4) is 5.75 Å². The number of carboxylic acid groups (broad SMARTS) is 1. The van der Waals surface area contributed by atoms with Crippen LogP contribution in [0.1, 0.15) is 5.56 Å². The fourth-order valence-electron chi connectivity index (χ4n) is 2.49. The maximum atomic E-state index is 11.9. The molecule has 5 nitrogen and oxygen atoms in total. The molecule has 0 radical (unpaired) electrons. The summed E-state index contributed by atoms with van der Waals surface area (Å²) in [6.45, 7) is 0. The molecule has 23 heavy (non-hydrogen) atoms. The molecule has 1 heterocycles. The van der Waals surface area contributed by atoms with Gasteiger partial charge in [0, 0.05) is 18.3 Å². The van der Waals surface area contributed by atoms with Crippen LogP contribution in [0.3, 0.4) is 0 Å². The highest BCUT2D eigenvalue weighted by atomic mass is 16.4. The predicted molar refractivity (Wildman–Crippen MR) is 88.7 cm³/mol. The molecule has 3 rings (SSSR count). The fourth-order valence-corrected chi connectivity index (χ4v) is 2.49. The zero-order valence-electron chi connectivity index (χ0n) is 12.3. The zero-order chi connectivity index (χ0) is 16.2. The first-order valence-electron chi connectivity index (χ1n) is 7.24. The van der Waals surface area contributed by atoms with Crippen molar-refractivity contribution < 1.29 is 15.0 Å². The summed E-state index contributed by atoms with van der Waals surface area (Å²) in [7, 11) is 0. The van der Waals surface area contributed by atoms with Crippen LogP contribution in [-0.4, -0.2) is 28.1 Å². The molecule has 0 aliphatic carbocycles. The van der Waals surface area contributed by atoms with Gasteiger partial charge in [0.1, 0.15) is 17.6 Å². The number of aromatic hydroxyl groups is 1. The Morgan fingerprint density at radius 3 is 2.26 bits per heavy atom. The molecular formula is C18H16N2O3. The number of phenolic OH excluding ortho intramolecular Hbond substituents is 1. The largest absolute Gasteiger partial charge is 0.508 e. The monoisotopic (exact) mass is 308 g/mol. The summed E-state index contributed by atoms with van der Waals surface area (Å²) >= 11 is 0. The van der Waals surface area contributed by atoms with E-state index in [0.29, 0.717) is 12.3 Å². The van der Waals surface area contributed by atoms with E-state index in [1.165, 1.54) is 0 Å². The van der Waals surface area contributed by atoms with Gasteiger partial charge in [-0.25, -0.2) is 9.79 Å². The lowest BCUT2D eigenvalue weighted by Crippen LogP contribution is -2.47. The molecule has 0 bridgehead atoms. The number of anilines is 1. The Morgan fingerprint density at radius 1 is 1.09 bits per heavy atom. The predicted octanol–water partition coefficient (Wildman–Crippen LogP) is 2.82. The van der Waals surface area contributed by atoms with Crippen molar-refractivity contribution in [3.63, 3.8) is 0 Å². The number of aliphatic carboxylic acids is 1. The Bertz CT molecular complexity index is 752. The van der Waals surface area contributed by atoms with E-state index in [1.807, 2.05) is 30.3 Å². The molecule has 1 aliphatic rings. The number of phenols is 1. The molecule has 5 heteroatoms. The van der Waals surface area contributed by atoms with Gasteiger partial charge in [-0.15, -0.1) is 0 Å². The molecule has 1 aliphatic heterocycles. The van der Waals surface area contributed by atoms with Gasteiger partial charge in [0.05, 0.1) is 0 Å². The number of rotatable bonds is 5. The van der Waals surface area contributed by atoms with Gasteiger partial charge in [-0.2, -0.15) is 0 Å². The van der Waals surface area contributed by atoms with E-state index in [9.17, 15) is 15.0 Å². The van der Waals surface area contributed by atoms with Crippen LogP contribution in [0.5, 0.6) is 5.75 Å². The quantitative estimate of drug-likeness (QED) is 0.891. The van der Waals surface area contributed by atoms with Gasteiger partial charge >= 0.3 is 5.97 Å². The van der Waals surface area contributed by atoms with Crippen molar-refractivity contribution in [2.24, 2.45) is 4.99 Å². The number of hydrogen-bond donors (Lipinski definition) is 2. The third kappa shape index (κ3) is 3.23. The summed E-state index contributed by atoms with van der Waals surface area (Å²) in [5.74, 6) is -0.140. The molecule has 0 unspecified atom stereocenters. The minimum Gasteiger partial charge on any atom is -0.508 e. The van der Waals surface area contributed by atoms with Gasteiger partial charge in [-0.1, -0.05) is 30.3 Å². The van der Waals surface area contributed by atoms with Crippen LogP contribution in [0.15, 0.2) is 71.9 Å². The maximum absolute atomic E-state index is 11.9. The second kappa shape index (κ2) is 6.36. The van der Waals surface area contributed by atoms with E-state index in [2.05, 4.69) is 4.99 Å². The lowest BCUT2D eigenvalue weighted by Gasteiger charge is -2.32. The van der Waals surface area contributed by atoms with E-state index in [0.717, 1.165) is 11.3 Å². The highest BCUT2D eigenvalue weighted by Crippen LogP contribution is 2.23. The normalized spacial score (nSPS) is 13.8. The van der Waals surface area contributed by atoms with Crippen molar-refractivity contribution in [3.05, 3.63) is 72.4 Å². The average Bonchev–Trinajstić information content (AvgIpc) is 2.51. The first kappa shape index (κ1) is 14.8. The second-order valence-electron chi connectivity index (χ2n) is 5.23. The van der Waals surface area contributed by atoms with Crippen LogP contribution in [0.25, 0.3) is 0 Å². The molecule has 116 valence electrons. The number of nitrogens with zero attached hydrogens (tertiary/aromatic N) is 2. The summed E-state index contributed by atoms with van der Waals surface area (Å²) in [5, 5.41) is 19.1. The first-order valence-corrected chi connectivity index (χ1v) is 7.24. The molecule has 2 aromatic carbocycles. The molecule has 0 amide bonds. The molecule has 0 saturated heterocycles. The van der Waals surface area contributed by atoms with E-state index in [4.69, 9.17) is 0 Å². The molecular weight excluding hydrogens is 292 g/mol. The van der Waals surface area contributed by atoms with Gasteiger partial charge in [-0.3, -0.25) is 0 Å². The third-order valence-electron chi connectivity index (χ3n) is 3.67. The number of benzene rings is 2. The Morgan fingerprint density at radius 2 is 1.74 bits per heavy atom. The number of hydrogen-bond acceptors (Lipinski definition) is 4. The molecule has 2 aromatic rings. The SMILES string of the molecule is O=C(O)[C@H](Cc1ccc(O)cc1)N(C1=NC=C1)c1ccccc1. The Kier molecular flexibility index (Phi) is 4.10. The number of aliphatic imine (C=N–C) groups is 1. The standard InChI is InChI=1S/C18H16N2O3/c21-15-8-6-13(7-9-15)12-16(18(22)23)20(17-10-11-19-17)14-4-2-1-3-5-14/h1-11,16,21H,12H2,(H,22,23)/t16-/m0/s1. The van der Waals surface area contributed by atoms with E-state index in [-0.39, 0.29) is 5.75 Å². The summed E-state index contributed by atoms with van der Waals surface area (Å²) in [5.41, 5.74) is 1.61. The van der Waals surface area contributed by atoms with Crippen molar-refractivity contribution in [1.82, 2.24) is 0 Å². The van der Waals surface area contributed by atoms with Gasteiger partial charge in [0.15, 0.2) is 0 Å². The van der Waals surface area contributed by atoms with Crippen LogP contribution < -0.4 is 4.90 Å². The smallest absolute Gasteiger partial charge is 0.327 e. The molecule has 0 saturated carbocycles. The molecule has 2 N–H and O–H groups in total. The molecule has 0 fully saturated rings. The van der Waals surface area contributed by atoms with Gasteiger partial charge in [0.2, 0.25) is 0 Å². The summed E-state index contributed by atoms with van der Waals surface area (Å²) in [6.07, 6.45) is 3.74. The van der Waals surface area contributed by atoms with E-state index >= 15 is 0 Å². The Balaban J connectivity index is 1.93. The maximum Gasteiger partial charge on any atom is 0.327 e. The van der Waals surface area contributed by atoms with Crippen molar-refractivity contribution in [1.29, 1.82) is 0 Å². The fraction of sp³-hybridized carbons (Fsp3) is 0.111. The Hall–Kier alpha value is -3.08. The van der Waals surface area contributed by atoms with Crippen LogP contribution >= 0.6 is 0 Å². The number of para-hydroxylation sites is 1. The van der Waals surface area contributed by atoms with Crippen molar-refractivity contribution in [2.75, 3.05) is 4.90 Å². The van der Waals surface area contributed by atoms with Gasteiger partial charge in [0.25, 0.3) is 0 Å². The van der Waals surface area contributed by atoms with Crippen LogP contribution in [0.2, 0.25) is 0 Å². The van der Waals surface area contributed by atoms with Crippen LogP contribution in [0.4, 0.5) is 5.69 Å². The summed E-state index contributed by atoms with van der Waals surface area (Å²) < 4.78 is 0. The molecule has 0 aromatic heterocycles. The molecule has 0 spiro atoms. The minimum atomic E-state index is -0.926. The van der Waals surface area contributed by atoms with Gasteiger partial charge < -0.3 is 15.1 Å². The first-order chi connectivity index (χ1) is 11.1. The highest BCUT2D eigenvalue weighted by molar-refractivity contribution is 6.11. The topological polar surface area (TPSA) is 73.1 Å². The van der Waals surface area contributed by atoms with Crippen LogP contribution in [0, 0.1) is 0 Å². The average molecular weight is 308 g/mol. The minimum absolute atomic E-state index is 0.159. The van der Waals surface area contributed by atoms with E-state index in [1.54, 1.807) is 41.4 Å².